The van der Waals surface area contributed by atoms with Gasteiger partial charge in [-0.15, -0.1) is 11.3 Å². The molecule has 1 unspecified atom stereocenters. The van der Waals surface area contributed by atoms with Crippen LogP contribution in [0.2, 0.25) is 0 Å². The van der Waals surface area contributed by atoms with E-state index >= 15 is 0 Å². The summed E-state index contributed by atoms with van der Waals surface area (Å²) in [4.78, 5) is 67.4. The average Bonchev–Trinajstić information content (AvgIpc) is 3.60. The van der Waals surface area contributed by atoms with Crippen LogP contribution in [-0.2, 0) is 28.0 Å². The summed E-state index contributed by atoms with van der Waals surface area (Å²) < 4.78 is 7.46. The molecule has 196 valence electrons. The molecule has 13 heteroatoms. The van der Waals surface area contributed by atoms with Crippen LogP contribution in [0.4, 0.5) is 0 Å². The van der Waals surface area contributed by atoms with E-state index in [1.165, 1.54) is 17.4 Å². The second-order valence-corrected chi connectivity index (χ2v) is 9.73. The minimum absolute atomic E-state index is 0.0447. The Hall–Kier alpha value is -4.39. The third kappa shape index (κ3) is 5.05. The largest absolute Gasteiger partial charge is 0.493 e. The van der Waals surface area contributed by atoms with Gasteiger partial charge in [-0.3, -0.25) is 38.9 Å². The van der Waals surface area contributed by atoms with Crippen LogP contribution in [0.25, 0.3) is 10.7 Å². The molecule has 2 aliphatic rings. The number of hydrogen-bond acceptors (Lipinski definition) is 9. The number of nitrogens with zero attached hydrogens (tertiary/aromatic N) is 4. The zero-order valence-corrected chi connectivity index (χ0v) is 21.2. The van der Waals surface area contributed by atoms with E-state index in [1.807, 2.05) is 24.7 Å². The number of nitrogens with one attached hydrogen (secondary N) is 2. The zero-order valence-electron chi connectivity index (χ0n) is 20.4. The number of aromatic nitrogens is 3. The van der Waals surface area contributed by atoms with Gasteiger partial charge in [-0.2, -0.15) is 5.10 Å². The monoisotopic (exact) mass is 536 g/mol. The number of benzene rings is 1. The van der Waals surface area contributed by atoms with E-state index in [9.17, 15) is 24.0 Å². The number of hydrogen-bond donors (Lipinski definition) is 2. The summed E-state index contributed by atoms with van der Waals surface area (Å²) in [5, 5.41) is 12.0. The highest BCUT2D eigenvalue weighted by Crippen LogP contribution is 2.33. The summed E-state index contributed by atoms with van der Waals surface area (Å²) in [7, 11) is 1.83. The molecule has 0 saturated carbocycles. The number of carbonyl (C=O) groups is 5. The number of carbonyl (C=O) groups excluding carboxylic acids is 5. The van der Waals surface area contributed by atoms with Crippen LogP contribution >= 0.6 is 11.3 Å². The Morgan fingerprint density at radius 3 is 2.82 bits per heavy atom. The maximum Gasteiger partial charge on any atom is 0.266 e. The van der Waals surface area contributed by atoms with Gasteiger partial charge in [0.05, 0.1) is 30.0 Å². The highest BCUT2D eigenvalue weighted by atomic mass is 32.1. The van der Waals surface area contributed by atoms with E-state index in [1.54, 1.807) is 16.8 Å². The van der Waals surface area contributed by atoms with Crippen LogP contribution in [0, 0.1) is 0 Å². The number of ether oxygens (including phenoxy) is 1. The molecule has 2 aromatic heterocycles. The van der Waals surface area contributed by atoms with Crippen molar-refractivity contribution in [3.63, 3.8) is 0 Å². The highest BCUT2D eigenvalue weighted by Gasteiger charge is 2.45. The molecule has 2 aliphatic heterocycles. The molecule has 2 N–H and O–H groups in total. The number of imide groups is 2. The van der Waals surface area contributed by atoms with Gasteiger partial charge in [0.25, 0.3) is 11.8 Å². The molecule has 4 heterocycles. The Bertz CT molecular complexity index is 1450. The fourth-order valence-corrected chi connectivity index (χ4v) is 5.11. The van der Waals surface area contributed by atoms with Crippen molar-refractivity contribution in [2.75, 3.05) is 6.61 Å². The first-order valence-electron chi connectivity index (χ1n) is 12.0. The Morgan fingerprint density at radius 1 is 1.21 bits per heavy atom. The smallest absolute Gasteiger partial charge is 0.266 e. The van der Waals surface area contributed by atoms with Crippen molar-refractivity contribution < 1.29 is 28.7 Å². The zero-order chi connectivity index (χ0) is 26.8. The van der Waals surface area contributed by atoms with Crippen LogP contribution < -0.4 is 15.4 Å². The third-order valence-electron chi connectivity index (χ3n) is 6.19. The van der Waals surface area contributed by atoms with Gasteiger partial charge in [0.15, 0.2) is 0 Å². The molecule has 0 radical (unpaired) electrons. The maximum atomic E-state index is 13.1. The number of amides is 5. The Kier molecular flexibility index (Phi) is 7.01. The van der Waals surface area contributed by atoms with Crippen LogP contribution in [0.3, 0.4) is 0 Å². The fraction of sp³-hybridized carbons (Fsp3) is 0.320. The molecule has 12 nitrogen and oxygen atoms in total. The molecule has 1 saturated heterocycles. The summed E-state index contributed by atoms with van der Waals surface area (Å²) in [6, 6.07) is 5.49. The maximum absolute atomic E-state index is 13.1. The minimum atomic E-state index is -1.05. The SMILES string of the molecule is Cn1ccc(-c2nc(CNC(=O)CCCOc3cccc4c3C(=O)N(C3CCC(=O)NC3=O)C4=O)cs2)n1. The third-order valence-corrected chi connectivity index (χ3v) is 7.10. The number of rotatable bonds is 9. The van der Waals surface area contributed by atoms with Gasteiger partial charge in [-0.25, -0.2) is 4.98 Å². The molecule has 38 heavy (non-hydrogen) atoms. The molecule has 5 rings (SSSR count). The van der Waals surface area contributed by atoms with Gasteiger partial charge in [0, 0.05) is 31.5 Å². The number of fused-ring (bicyclic) bond motifs is 1. The van der Waals surface area contributed by atoms with Crippen LogP contribution in [-0.4, -0.2) is 61.8 Å². The predicted molar refractivity (Wildman–Crippen MR) is 134 cm³/mol. The lowest BCUT2D eigenvalue weighted by molar-refractivity contribution is -0.136. The molecule has 1 aromatic carbocycles. The van der Waals surface area contributed by atoms with Crippen molar-refractivity contribution in [1.29, 1.82) is 0 Å². The van der Waals surface area contributed by atoms with Gasteiger partial charge >= 0.3 is 0 Å². The summed E-state index contributed by atoms with van der Waals surface area (Å²) in [6.45, 7) is 0.437. The first-order valence-corrected chi connectivity index (χ1v) is 12.9. The molecule has 1 atom stereocenters. The van der Waals surface area contributed by atoms with E-state index < -0.39 is 29.7 Å². The number of aryl methyl sites for hydroxylation is 1. The Labute approximate surface area is 221 Å². The lowest BCUT2D eigenvalue weighted by Gasteiger charge is -2.27. The van der Waals surface area contributed by atoms with Crippen molar-refractivity contribution >= 4 is 40.9 Å². The molecular weight excluding hydrogens is 512 g/mol. The van der Waals surface area contributed by atoms with Crippen LogP contribution in [0.5, 0.6) is 5.75 Å². The van der Waals surface area contributed by atoms with E-state index in [0.717, 1.165) is 21.3 Å². The summed E-state index contributed by atoms with van der Waals surface area (Å²) in [5.74, 6) is -2.31. The molecule has 1 fully saturated rings. The number of piperidine rings is 1. The molecular formula is C25H24N6O6S. The van der Waals surface area contributed by atoms with Crippen LogP contribution in [0.15, 0.2) is 35.8 Å². The van der Waals surface area contributed by atoms with Gasteiger partial charge in [-0.05, 0) is 31.0 Å². The van der Waals surface area contributed by atoms with Gasteiger partial charge in [-0.1, -0.05) is 6.07 Å². The molecule has 3 aromatic rings. The lowest BCUT2D eigenvalue weighted by atomic mass is 10.0. The lowest BCUT2D eigenvalue weighted by Crippen LogP contribution is -2.54. The van der Waals surface area contributed by atoms with Crippen molar-refractivity contribution in [2.45, 2.75) is 38.3 Å². The number of thiazole rings is 1. The standard InChI is InChI=1S/C25H24N6O6S/c1-30-10-9-16(29-30)23-27-14(13-38-23)12-26-19(32)6-3-11-37-18-5-2-4-15-21(18)25(36)31(24(15)35)17-7-8-20(33)28-22(17)34/h2,4-5,9-10,13,17H,3,6-8,11-12H2,1H3,(H,26,32)(H,28,33,34). The second kappa shape index (κ2) is 10.5. The molecule has 0 spiro atoms. The van der Waals surface area contributed by atoms with Crippen molar-refractivity contribution in [2.24, 2.45) is 7.05 Å². The Morgan fingerprint density at radius 2 is 2.05 bits per heavy atom. The minimum Gasteiger partial charge on any atom is -0.493 e. The van der Waals surface area contributed by atoms with Gasteiger partial charge in [0.2, 0.25) is 17.7 Å². The van der Waals surface area contributed by atoms with E-state index in [2.05, 4.69) is 20.7 Å². The topological polar surface area (TPSA) is 153 Å². The first kappa shape index (κ1) is 25.3. The van der Waals surface area contributed by atoms with E-state index in [0.29, 0.717) is 13.0 Å². The first-order chi connectivity index (χ1) is 18.3. The summed E-state index contributed by atoms with van der Waals surface area (Å²) in [6.07, 6.45) is 2.54. The Balaban J connectivity index is 1.12. The normalized spacial score (nSPS) is 17.0. The fourth-order valence-electron chi connectivity index (χ4n) is 4.33. The van der Waals surface area contributed by atoms with Crippen molar-refractivity contribution in [3.8, 4) is 16.5 Å². The summed E-state index contributed by atoms with van der Waals surface area (Å²) >= 11 is 1.46. The quantitative estimate of drug-likeness (QED) is 0.308. The summed E-state index contributed by atoms with van der Waals surface area (Å²) in [5.41, 5.74) is 1.74. The average molecular weight is 537 g/mol. The molecule has 0 bridgehead atoms. The second-order valence-electron chi connectivity index (χ2n) is 8.87. The van der Waals surface area contributed by atoms with Gasteiger partial charge < -0.3 is 10.1 Å². The molecule has 0 aliphatic carbocycles. The highest BCUT2D eigenvalue weighted by molar-refractivity contribution is 7.13. The van der Waals surface area contributed by atoms with Crippen molar-refractivity contribution in [3.05, 3.63) is 52.7 Å². The van der Waals surface area contributed by atoms with Gasteiger partial charge in [0.1, 0.15) is 22.5 Å². The van der Waals surface area contributed by atoms with Crippen LogP contribution in [0.1, 0.15) is 52.1 Å². The molecule has 5 amide bonds. The van der Waals surface area contributed by atoms with E-state index in [4.69, 9.17) is 4.74 Å². The predicted octanol–water partition coefficient (Wildman–Crippen LogP) is 1.42. The van der Waals surface area contributed by atoms with Crippen molar-refractivity contribution in [1.82, 2.24) is 30.3 Å². The van der Waals surface area contributed by atoms with E-state index in [-0.39, 0.29) is 48.7 Å².